The van der Waals surface area contributed by atoms with Gasteiger partial charge in [0.15, 0.2) is 0 Å². The zero-order valence-corrected chi connectivity index (χ0v) is 12.8. The summed E-state index contributed by atoms with van der Waals surface area (Å²) in [4.78, 5) is 4.69. The van der Waals surface area contributed by atoms with Gasteiger partial charge in [-0.15, -0.1) is 11.3 Å². The Bertz CT molecular complexity index is 719. The summed E-state index contributed by atoms with van der Waals surface area (Å²) < 4.78 is 2.20. The molecule has 2 aromatic carbocycles. The predicted octanol–water partition coefficient (Wildman–Crippen LogP) is 4.28. The van der Waals surface area contributed by atoms with E-state index in [0.29, 0.717) is 0 Å². The zero-order chi connectivity index (χ0) is 13.5. The second-order valence-corrected chi connectivity index (χ2v) is 6.65. The third-order valence-corrected chi connectivity index (χ3v) is 4.93. The van der Waals surface area contributed by atoms with Gasteiger partial charge in [-0.2, -0.15) is 0 Å². The lowest BCUT2D eigenvalue weighted by Gasteiger charge is -2.22. The lowest BCUT2D eigenvalue weighted by molar-refractivity contribution is 0.600. The number of fused-ring (bicyclic) bond motifs is 1. The van der Waals surface area contributed by atoms with Gasteiger partial charge in [-0.1, -0.05) is 46.3 Å². The summed E-state index contributed by atoms with van der Waals surface area (Å²) >= 11 is 5.12. The molecule has 0 radical (unpaired) electrons. The van der Waals surface area contributed by atoms with E-state index in [1.54, 1.807) is 11.3 Å². The Balaban J connectivity index is 2.13. The van der Waals surface area contributed by atoms with Crippen LogP contribution in [0.3, 0.4) is 0 Å². The summed E-state index contributed by atoms with van der Waals surface area (Å²) in [5.41, 5.74) is 8.00. The van der Waals surface area contributed by atoms with Crippen molar-refractivity contribution in [3.63, 3.8) is 0 Å². The van der Waals surface area contributed by atoms with Crippen LogP contribution in [0.4, 0.5) is 0 Å². The fraction of sp³-hybridized carbons (Fsp3) is 0.133. The van der Waals surface area contributed by atoms with Crippen LogP contribution in [0.1, 0.15) is 17.5 Å². The van der Waals surface area contributed by atoms with E-state index in [4.69, 9.17) is 5.73 Å². The van der Waals surface area contributed by atoms with Crippen LogP contribution in [0.25, 0.3) is 10.2 Å². The summed E-state index contributed by atoms with van der Waals surface area (Å²) in [5.74, 6) is 0. The first kappa shape index (κ1) is 12.8. The van der Waals surface area contributed by atoms with Crippen molar-refractivity contribution < 1.29 is 0 Å². The Morgan fingerprint density at radius 3 is 2.63 bits per heavy atom. The van der Waals surface area contributed by atoms with Crippen molar-refractivity contribution in [2.75, 3.05) is 0 Å². The Kier molecular flexibility index (Phi) is 3.17. The van der Waals surface area contributed by atoms with Crippen molar-refractivity contribution in [1.29, 1.82) is 0 Å². The molecule has 0 aliphatic rings. The quantitative estimate of drug-likeness (QED) is 0.760. The molecule has 0 spiro atoms. The molecule has 0 saturated carbocycles. The molecule has 0 aliphatic carbocycles. The van der Waals surface area contributed by atoms with Gasteiger partial charge >= 0.3 is 0 Å². The second-order valence-electron chi connectivity index (χ2n) is 4.70. The minimum atomic E-state index is -0.558. The Morgan fingerprint density at radius 2 is 1.89 bits per heavy atom. The third-order valence-electron chi connectivity index (χ3n) is 3.17. The SMILES string of the molecule is CC(N)(c1ccccc1)c1nc2cc(Br)ccc2s1. The van der Waals surface area contributed by atoms with Gasteiger partial charge in [0, 0.05) is 4.47 Å². The van der Waals surface area contributed by atoms with E-state index < -0.39 is 5.54 Å². The van der Waals surface area contributed by atoms with E-state index >= 15 is 0 Å². The van der Waals surface area contributed by atoms with E-state index in [9.17, 15) is 0 Å². The van der Waals surface area contributed by atoms with E-state index in [-0.39, 0.29) is 0 Å². The average molecular weight is 333 g/mol. The summed E-state index contributed by atoms with van der Waals surface area (Å²) in [7, 11) is 0. The lowest BCUT2D eigenvalue weighted by Crippen LogP contribution is -2.34. The molecular weight excluding hydrogens is 320 g/mol. The van der Waals surface area contributed by atoms with Gasteiger partial charge in [-0.25, -0.2) is 4.98 Å². The number of nitrogens with zero attached hydrogens (tertiary/aromatic N) is 1. The first-order valence-corrected chi connectivity index (χ1v) is 7.59. The van der Waals surface area contributed by atoms with Crippen LogP contribution in [0.15, 0.2) is 53.0 Å². The summed E-state index contributed by atoms with van der Waals surface area (Å²) in [6.07, 6.45) is 0. The van der Waals surface area contributed by atoms with Crippen LogP contribution >= 0.6 is 27.3 Å². The number of halogens is 1. The van der Waals surface area contributed by atoms with E-state index in [1.807, 2.05) is 49.4 Å². The van der Waals surface area contributed by atoms with Crippen LogP contribution in [-0.2, 0) is 5.54 Å². The van der Waals surface area contributed by atoms with Gasteiger partial charge in [-0.05, 0) is 30.7 Å². The van der Waals surface area contributed by atoms with Crippen molar-refractivity contribution in [3.8, 4) is 0 Å². The summed E-state index contributed by atoms with van der Waals surface area (Å²) in [6, 6.07) is 16.2. The predicted molar refractivity (Wildman–Crippen MR) is 84.4 cm³/mol. The maximum Gasteiger partial charge on any atom is 0.118 e. The third kappa shape index (κ3) is 2.31. The number of rotatable bonds is 2. The van der Waals surface area contributed by atoms with Gasteiger partial charge in [-0.3, -0.25) is 0 Å². The standard InChI is InChI=1S/C15H13BrN2S/c1-15(17,10-5-3-2-4-6-10)14-18-12-9-11(16)7-8-13(12)19-14/h2-9H,17H2,1H3. The maximum atomic E-state index is 6.50. The highest BCUT2D eigenvalue weighted by Gasteiger charge is 2.27. The number of aromatic nitrogens is 1. The van der Waals surface area contributed by atoms with E-state index in [1.165, 1.54) is 0 Å². The number of hydrogen-bond donors (Lipinski definition) is 1. The molecule has 1 heterocycles. The molecule has 19 heavy (non-hydrogen) atoms. The summed E-state index contributed by atoms with van der Waals surface area (Å²) in [6.45, 7) is 2.01. The topological polar surface area (TPSA) is 38.9 Å². The molecule has 2 nitrogen and oxygen atoms in total. The van der Waals surface area contributed by atoms with Gasteiger partial charge in [0.05, 0.1) is 15.8 Å². The average Bonchev–Trinajstić information content (AvgIpc) is 2.83. The molecule has 96 valence electrons. The molecule has 1 atom stereocenters. The molecule has 2 N–H and O–H groups in total. The largest absolute Gasteiger partial charge is 0.316 e. The maximum absolute atomic E-state index is 6.50. The van der Waals surface area contributed by atoms with Crippen molar-refractivity contribution in [1.82, 2.24) is 4.98 Å². The van der Waals surface area contributed by atoms with Gasteiger partial charge in [0.2, 0.25) is 0 Å². The van der Waals surface area contributed by atoms with E-state index in [0.717, 1.165) is 25.3 Å². The second kappa shape index (κ2) is 4.71. The van der Waals surface area contributed by atoms with Crippen LogP contribution in [0.5, 0.6) is 0 Å². The molecule has 0 amide bonds. The molecule has 1 unspecified atom stereocenters. The summed E-state index contributed by atoms with van der Waals surface area (Å²) in [5, 5.41) is 0.937. The molecular formula is C15H13BrN2S. The molecule has 0 saturated heterocycles. The molecule has 3 rings (SSSR count). The van der Waals surface area contributed by atoms with Crippen molar-refractivity contribution in [2.45, 2.75) is 12.5 Å². The van der Waals surface area contributed by atoms with Crippen molar-refractivity contribution >= 4 is 37.5 Å². The smallest absolute Gasteiger partial charge is 0.118 e. The molecule has 1 aromatic heterocycles. The highest BCUT2D eigenvalue weighted by atomic mass is 79.9. The Labute approximate surface area is 124 Å². The van der Waals surface area contributed by atoms with Gasteiger partial charge < -0.3 is 5.73 Å². The normalized spacial score (nSPS) is 14.5. The van der Waals surface area contributed by atoms with Gasteiger partial charge in [0.1, 0.15) is 5.01 Å². The minimum absolute atomic E-state index is 0.558. The fourth-order valence-electron chi connectivity index (χ4n) is 2.03. The van der Waals surface area contributed by atoms with Crippen molar-refractivity contribution in [2.24, 2.45) is 5.73 Å². The Morgan fingerprint density at radius 1 is 1.16 bits per heavy atom. The number of nitrogens with two attached hydrogens (primary N) is 1. The van der Waals surface area contributed by atoms with Crippen LogP contribution in [0.2, 0.25) is 0 Å². The van der Waals surface area contributed by atoms with Crippen LogP contribution < -0.4 is 5.73 Å². The lowest BCUT2D eigenvalue weighted by atomic mass is 9.94. The molecule has 0 aliphatic heterocycles. The van der Waals surface area contributed by atoms with Gasteiger partial charge in [0.25, 0.3) is 0 Å². The monoisotopic (exact) mass is 332 g/mol. The Hall–Kier alpha value is -1.23. The number of benzene rings is 2. The fourth-order valence-corrected chi connectivity index (χ4v) is 3.41. The number of thiazole rings is 1. The first-order valence-electron chi connectivity index (χ1n) is 5.98. The highest BCUT2D eigenvalue weighted by Crippen LogP contribution is 2.33. The molecule has 0 fully saturated rings. The highest BCUT2D eigenvalue weighted by molar-refractivity contribution is 9.10. The molecule has 3 aromatic rings. The first-order chi connectivity index (χ1) is 9.07. The number of hydrogen-bond acceptors (Lipinski definition) is 3. The molecule has 4 heteroatoms. The molecule has 0 bridgehead atoms. The van der Waals surface area contributed by atoms with Crippen molar-refractivity contribution in [3.05, 3.63) is 63.6 Å². The zero-order valence-electron chi connectivity index (χ0n) is 10.4. The van der Waals surface area contributed by atoms with E-state index in [2.05, 4.69) is 27.0 Å². The van der Waals surface area contributed by atoms with Crippen LogP contribution in [0, 0.1) is 0 Å². The minimum Gasteiger partial charge on any atom is -0.316 e. The van der Waals surface area contributed by atoms with Crippen LogP contribution in [-0.4, -0.2) is 4.98 Å².